The predicted molar refractivity (Wildman–Crippen MR) is 95.4 cm³/mol. The van der Waals surface area contributed by atoms with Gasteiger partial charge in [-0.2, -0.15) is 0 Å². The van der Waals surface area contributed by atoms with Crippen LogP contribution >= 0.6 is 0 Å². The number of piperidine rings is 1. The number of halogens is 1. The van der Waals surface area contributed by atoms with Gasteiger partial charge in [0.05, 0.1) is 12.7 Å². The fraction of sp³-hybridized carbons (Fsp3) is 0.579. The highest BCUT2D eigenvalue weighted by molar-refractivity contribution is 5.69. The lowest BCUT2D eigenvalue weighted by molar-refractivity contribution is 0.0108. The Labute approximate surface area is 153 Å². The van der Waals surface area contributed by atoms with Gasteiger partial charge in [0.1, 0.15) is 12.2 Å². The first-order chi connectivity index (χ1) is 12.3. The Morgan fingerprint density at radius 3 is 2.54 bits per heavy atom. The van der Waals surface area contributed by atoms with Gasteiger partial charge in [-0.15, -0.1) is 0 Å². The molecule has 1 aromatic carbocycles. The minimum Gasteiger partial charge on any atom is -0.445 e. The molecule has 0 radical (unpaired) electrons. The van der Waals surface area contributed by atoms with E-state index in [2.05, 4.69) is 5.32 Å². The quantitative estimate of drug-likeness (QED) is 0.885. The highest BCUT2D eigenvalue weighted by Gasteiger charge is 2.33. The van der Waals surface area contributed by atoms with Crippen LogP contribution in [0, 0.1) is 5.92 Å². The van der Waals surface area contributed by atoms with Gasteiger partial charge in [-0.3, -0.25) is 4.39 Å². The normalized spacial score (nSPS) is 20.4. The average Bonchev–Trinajstić information content (AvgIpc) is 2.59. The number of likely N-dealkylation sites (tertiary alicyclic amines) is 1. The van der Waals surface area contributed by atoms with Crippen LogP contribution in [0.2, 0.25) is 0 Å². The Morgan fingerprint density at radius 1 is 1.23 bits per heavy atom. The van der Waals surface area contributed by atoms with Crippen molar-refractivity contribution in [2.24, 2.45) is 5.92 Å². The molecule has 1 aliphatic heterocycles. The summed E-state index contributed by atoms with van der Waals surface area (Å²) in [5.41, 5.74) is 0.250. The molecule has 1 aromatic rings. The second kappa shape index (κ2) is 8.87. The van der Waals surface area contributed by atoms with Crippen LogP contribution in [0.4, 0.5) is 14.0 Å². The van der Waals surface area contributed by atoms with Crippen LogP contribution in [0.25, 0.3) is 0 Å². The van der Waals surface area contributed by atoms with Crippen molar-refractivity contribution in [1.29, 1.82) is 0 Å². The van der Waals surface area contributed by atoms with Crippen LogP contribution in [0.15, 0.2) is 30.3 Å². The first-order valence-corrected chi connectivity index (χ1v) is 8.78. The number of hydrogen-bond acceptors (Lipinski definition) is 4. The first-order valence-electron chi connectivity index (χ1n) is 8.78. The molecular weight excluding hydrogens is 339 g/mol. The number of carbonyl (C=O) groups excluding carboxylic acids is 2. The molecule has 6 nitrogen and oxygen atoms in total. The van der Waals surface area contributed by atoms with Crippen molar-refractivity contribution >= 4 is 12.2 Å². The van der Waals surface area contributed by atoms with Crippen LogP contribution in [-0.4, -0.2) is 48.5 Å². The summed E-state index contributed by atoms with van der Waals surface area (Å²) < 4.78 is 23.8. The zero-order valence-corrected chi connectivity index (χ0v) is 15.5. The van der Waals surface area contributed by atoms with E-state index in [-0.39, 0.29) is 31.7 Å². The number of amides is 2. The Hall–Kier alpha value is -2.31. The summed E-state index contributed by atoms with van der Waals surface area (Å²) in [5, 5.41) is 2.72. The van der Waals surface area contributed by atoms with Gasteiger partial charge in [0.15, 0.2) is 0 Å². The van der Waals surface area contributed by atoms with Crippen molar-refractivity contribution in [2.75, 3.05) is 19.8 Å². The number of benzene rings is 1. The standard InChI is InChI=1S/C19H27FN2O4/c1-19(2,3)26-18(24)22-11-15(10-20)9-16(12-22)21-17(23)25-13-14-7-5-4-6-8-14/h4-8,15-16H,9-13H2,1-3H3,(H,21,23). The maximum absolute atomic E-state index is 13.2. The number of alkyl halides is 1. The maximum atomic E-state index is 13.2. The third-order valence-corrected chi connectivity index (χ3v) is 3.94. The lowest BCUT2D eigenvalue weighted by Crippen LogP contribution is -2.53. The third kappa shape index (κ3) is 6.54. The topological polar surface area (TPSA) is 67.9 Å². The minimum absolute atomic E-state index is 0.154. The van der Waals surface area contributed by atoms with E-state index in [0.29, 0.717) is 6.42 Å². The molecule has 1 saturated heterocycles. The molecule has 144 valence electrons. The smallest absolute Gasteiger partial charge is 0.410 e. The predicted octanol–water partition coefficient (Wildman–Crippen LogP) is 3.51. The van der Waals surface area contributed by atoms with Crippen LogP contribution in [0.1, 0.15) is 32.8 Å². The molecule has 26 heavy (non-hydrogen) atoms. The van der Waals surface area contributed by atoms with E-state index >= 15 is 0 Å². The highest BCUT2D eigenvalue weighted by Crippen LogP contribution is 2.20. The van der Waals surface area contributed by atoms with Crippen LogP contribution in [-0.2, 0) is 16.1 Å². The summed E-state index contributed by atoms with van der Waals surface area (Å²) >= 11 is 0. The largest absolute Gasteiger partial charge is 0.445 e. The molecule has 0 spiro atoms. The van der Waals surface area contributed by atoms with E-state index in [1.807, 2.05) is 30.3 Å². The number of nitrogens with zero attached hydrogens (tertiary/aromatic N) is 1. The lowest BCUT2D eigenvalue weighted by Gasteiger charge is -2.37. The molecule has 0 aliphatic carbocycles. The van der Waals surface area contributed by atoms with Crippen molar-refractivity contribution in [3.63, 3.8) is 0 Å². The second-order valence-electron chi connectivity index (χ2n) is 7.54. The number of ether oxygens (including phenoxy) is 2. The molecule has 0 aromatic heterocycles. The summed E-state index contributed by atoms with van der Waals surface area (Å²) in [5.74, 6) is -0.337. The summed E-state index contributed by atoms with van der Waals surface area (Å²) in [6, 6.07) is 8.95. The number of rotatable bonds is 4. The molecule has 2 amide bonds. The van der Waals surface area contributed by atoms with Crippen molar-refractivity contribution in [3.05, 3.63) is 35.9 Å². The Morgan fingerprint density at radius 2 is 1.92 bits per heavy atom. The van der Waals surface area contributed by atoms with Crippen LogP contribution in [0.5, 0.6) is 0 Å². The lowest BCUT2D eigenvalue weighted by atomic mass is 9.95. The third-order valence-electron chi connectivity index (χ3n) is 3.94. The fourth-order valence-corrected chi connectivity index (χ4v) is 2.83. The number of hydrogen-bond donors (Lipinski definition) is 1. The first kappa shape index (κ1) is 20.0. The molecule has 2 rings (SSSR count). The molecule has 7 heteroatoms. The SMILES string of the molecule is CC(C)(C)OC(=O)N1CC(CF)CC(NC(=O)OCc2ccccc2)C1. The second-order valence-corrected chi connectivity index (χ2v) is 7.54. The van der Waals surface area contributed by atoms with Crippen molar-refractivity contribution in [1.82, 2.24) is 10.2 Å². The molecule has 2 atom stereocenters. The molecule has 0 saturated carbocycles. The fourth-order valence-electron chi connectivity index (χ4n) is 2.83. The zero-order chi connectivity index (χ0) is 19.2. The van der Waals surface area contributed by atoms with Crippen molar-refractivity contribution in [2.45, 2.75) is 45.4 Å². The Balaban J connectivity index is 1.88. The summed E-state index contributed by atoms with van der Waals surface area (Å²) in [6.07, 6.45) is -0.626. The molecule has 1 aliphatic rings. The summed E-state index contributed by atoms with van der Waals surface area (Å²) in [4.78, 5) is 25.7. The van der Waals surface area contributed by atoms with Gasteiger partial charge < -0.3 is 19.7 Å². The molecule has 1 fully saturated rings. The van der Waals surface area contributed by atoms with E-state index in [1.165, 1.54) is 4.90 Å². The van der Waals surface area contributed by atoms with Crippen molar-refractivity contribution < 1.29 is 23.5 Å². The molecular formula is C19H27FN2O4. The molecule has 1 heterocycles. The number of alkyl carbamates (subject to hydrolysis) is 1. The summed E-state index contributed by atoms with van der Waals surface area (Å²) in [6.45, 7) is 5.47. The monoisotopic (exact) mass is 366 g/mol. The number of nitrogens with one attached hydrogen (secondary N) is 1. The van der Waals surface area contributed by atoms with Gasteiger partial charge in [-0.05, 0) is 32.8 Å². The Bertz CT molecular complexity index is 603. The number of carbonyl (C=O) groups is 2. The van der Waals surface area contributed by atoms with Gasteiger partial charge in [-0.1, -0.05) is 30.3 Å². The van der Waals surface area contributed by atoms with Gasteiger partial charge in [0, 0.05) is 19.0 Å². The van der Waals surface area contributed by atoms with E-state index in [9.17, 15) is 14.0 Å². The van der Waals surface area contributed by atoms with Crippen molar-refractivity contribution in [3.8, 4) is 0 Å². The van der Waals surface area contributed by atoms with Gasteiger partial charge in [0.2, 0.25) is 0 Å². The molecule has 1 N–H and O–H groups in total. The van der Waals surface area contributed by atoms with E-state index < -0.39 is 24.5 Å². The van der Waals surface area contributed by atoms with Gasteiger partial charge in [0.25, 0.3) is 0 Å². The van der Waals surface area contributed by atoms with Gasteiger partial charge >= 0.3 is 12.2 Å². The van der Waals surface area contributed by atoms with E-state index in [4.69, 9.17) is 9.47 Å². The Kier molecular flexibility index (Phi) is 6.83. The summed E-state index contributed by atoms with van der Waals surface area (Å²) in [7, 11) is 0. The molecule has 2 unspecified atom stereocenters. The minimum atomic E-state index is -0.628. The average molecular weight is 366 g/mol. The molecule has 0 bridgehead atoms. The van der Waals surface area contributed by atoms with Crippen LogP contribution in [0.3, 0.4) is 0 Å². The van der Waals surface area contributed by atoms with Gasteiger partial charge in [-0.25, -0.2) is 9.59 Å². The highest BCUT2D eigenvalue weighted by atomic mass is 19.1. The van der Waals surface area contributed by atoms with Crippen LogP contribution < -0.4 is 5.32 Å². The zero-order valence-electron chi connectivity index (χ0n) is 15.5. The maximum Gasteiger partial charge on any atom is 0.410 e. The van der Waals surface area contributed by atoms with E-state index in [1.54, 1.807) is 20.8 Å². The van der Waals surface area contributed by atoms with E-state index in [0.717, 1.165) is 5.56 Å².